The molecule has 0 heterocycles. The molecule has 0 rings (SSSR count). The lowest BCUT2D eigenvalue weighted by molar-refractivity contribution is 0.0907. The molecule has 0 atom stereocenters. The van der Waals surface area contributed by atoms with E-state index in [9.17, 15) is 0 Å². The van der Waals surface area contributed by atoms with E-state index in [1.165, 1.54) is 0 Å². The van der Waals surface area contributed by atoms with Gasteiger partial charge in [-0.2, -0.15) is 10.5 Å². The van der Waals surface area contributed by atoms with Crippen LogP contribution in [0.3, 0.4) is 0 Å². The van der Waals surface area contributed by atoms with E-state index < -0.39 is 0 Å². The molecular weight excluding hydrogens is 254 g/mol. The maximum atomic E-state index is 8.22. The molecule has 0 radical (unpaired) electrons. The van der Waals surface area contributed by atoms with Crippen LogP contribution in [0.25, 0.3) is 4.85 Å². The zero-order valence-corrected chi connectivity index (χ0v) is 12.6. The highest BCUT2D eigenvalue weighted by Gasteiger charge is 1.97. The van der Waals surface area contributed by atoms with Gasteiger partial charge in [0.2, 0.25) is 0 Å². The number of hydrogen-bond acceptors (Lipinski definition) is 5. The summed E-state index contributed by atoms with van der Waals surface area (Å²) in [6.45, 7) is 8.80. The highest BCUT2D eigenvalue weighted by atomic mass is 16.6. The molecule has 0 fully saturated rings. The van der Waals surface area contributed by atoms with Gasteiger partial charge in [0.1, 0.15) is 0 Å². The maximum Gasteiger partial charge on any atom is 0.270 e. The molecule has 0 bridgehead atoms. The van der Waals surface area contributed by atoms with Gasteiger partial charge in [-0.15, -0.1) is 0 Å². The van der Waals surface area contributed by atoms with E-state index in [0.29, 0.717) is 19.5 Å². The van der Waals surface area contributed by atoms with Crippen molar-refractivity contribution in [2.45, 2.75) is 38.5 Å². The first kappa shape index (κ1) is 20.7. The first-order valence-electron chi connectivity index (χ1n) is 6.74. The monoisotopic (exact) mass is 279 g/mol. The molecule has 0 unspecified atom stereocenters. The van der Waals surface area contributed by atoms with Gasteiger partial charge in [0.15, 0.2) is 0 Å². The molecule has 0 spiro atoms. The lowest BCUT2D eigenvalue weighted by Crippen LogP contribution is -2.18. The molecule has 0 aromatic carbocycles. The quantitative estimate of drug-likeness (QED) is 0.377. The van der Waals surface area contributed by atoms with E-state index in [1.54, 1.807) is 7.11 Å². The fourth-order valence-electron chi connectivity index (χ4n) is 1.28. The summed E-state index contributed by atoms with van der Waals surface area (Å²) >= 11 is 0. The SMILES string of the molecule is CONCCCCC#N.[C-]#[N+]CN(C)CCCCC#N. The molecule has 0 amide bonds. The molecule has 1 N–H and O–H groups in total. The van der Waals surface area contributed by atoms with E-state index in [2.05, 4.69) is 27.3 Å². The minimum Gasteiger partial charge on any atom is -0.305 e. The van der Waals surface area contributed by atoms with Crippen molar-refractivity contribution >= 4 is 0 Å². The van der Waals surface area contributed by atoms with Crippen LogP contribution in [0.1, 0.15) is 38.5 Å². The van der Waals surface area contributed by atoms with E-state index >= 15 is 0 Å². The number of hydrogen-bond donors (Lipinski definition) is 1. The predicted octanol–water partition coefficient (Wildman–Crippen LogP) is 2.32. The highest BCUT2D eigenvalue weighted by Crippen LogP contribution is 1.95. The molecule has 0 aliphatic heterocycles. The lowest BCUT2D eigenvalue weighted by atomic mass is 10.2. The second kappa shape index (κ2) is 19.7. The van der Waals surface area contributed by atoms with Crippen LogP contribution in [0.15, 0.2) is 0 Å². The Labute approximate surface area is 122 Å². The van der Waals surface area contributed by atoms with Crippen LogP contribution >= 0.6 is 0 Å². The Balaban J connectivity index is 0. The molecule has 0 aromatic rings. The summed E-state index contributed by atoms with van der Waals surface area (Å²) in [6, 6.07) is 4.17. The summed E-state index contributed by atoms with van der Waals surface area (Å²) in [5, 5.41) is 16.3. The van der Waals surface area contributed by atoms with Crippen LogP contribution in [0, 0.1) is 29.2 Å². The summed E-state index contributed by atoms with van der Waals surface area (Å²) in [7, 11) is 3.51. The second-order valence-electron chi connectivity index (χ2n) is 4.21. The molecule has 0 saturated carbocycles. The van der Waals surface area contributed by atoms with Gasteiger partial charge in [-0.25, -0.2) is 17.0 Å². The fourth-order valence-corrected chi connectivity index (χ4v) is 1.28. The van der Waals surface area contributed by atoms with E-state index in [1.807, 2.05) is 11.9 Å². The molecule has 0 aromatic heterocycles. The standard InChI is InChI=1S/C8H13N3.C6H12N2O/c1-10-8-11(2)7-5-3-4-6-9;1-9-8-6-4-2-3-5-7/h3-5,7-8H2,2H3;8H,2-4,6H2,1H3. The Morgan fingerprint density at radius 3 is 2.25 bits per heavy atom. The van der Waals surface area contributed by atoms with E-state index in [-0.39, 0.29) is 0 Å². The minimum atomic E-state index is 0.465. The third-order valence-corrected chi connectivity index (χ3v) is 2.35. The van der Waals surface area contributed by atoms with Crippen LogP contribution in [0.2, 0.25) is 0 Å². The van der Waals surface area contributed by atoms with Crippen LogP contribution in [0.5, 0.6) is 0 Å². The summed E-state index contributed by atoms with van der Waals surface area (Å²) in [4.78, 5) is 9.80. The third kappa shape index (κ3) is 21.6. The van der Waals surface area contributed by atoms with Gasteiger partial charge < -0.3 is 4.84 Å². The smallest absolute Gasteiger partial charge is 0.270 e. The van der Waals surface area contributed by atoms with Crippen LogP contribution in [-0.2, 0) is 4.84 Å². The number of rotatable bonds is 10. The average Bonchev–Trinajstić information content (AvgIpc) is 2.45. The number of unbranched alkanes of at least 4 members (excludes halogenated alkanes) is 4. The Bertz CT molecular complexity index is 313. The summed E-state index contributed by atoms with van der Waals surface area (Å²) < 4.78 is 0. The van der Waals surface area contributed by atoms with Gasteiger partial charge in [0.25, 0.3) is 6.67 Å². The van der Waals surface area contributed by atoms with Gasteiger partial charge in [-0.3, -0.25) is 4.85 Å². The maximum absolute atomic E-state index is 8.22. The Morgan fingerprint density at radius 2 is 1.75 bits per heavy atom. The van der Waals surface area contributed by atoms with Gasteiger partial charge in [-0.05, 0) is 32.7 Å². The molecule has 6 nitrogen and oxygen atoms in total. The van der Waals surface area contributed by atoms with E-state index in [0.717, 1.165) is 38.8 Å². The number of nitrogens with zero attached hydrogens (tertiary/aromatic N) is 4. The summed E-state index contributed by atoms with van der Waals surface area (Å²) in [5.41, 5.74) is 2.70. The van der Waals surface area contributed by atoms with Crippen molar-refractivity contribution in [1.82, 2.24) is 10.4 Å². The fraction of sp³-hybridized carbons (Fsp3) is 0.786. The van der Waals surface area contributed by atoms with Crippen LogP contribution in [0.4, 0.5) is 0 Å². The minimum absolute atomic E-state index is 0.465. The largest absolute Gasteiger partial charge is 0.305 e. The van der Waals surface area contributed by atoms with Crippen LogP contribution < -0.4 is 5.48 Å². The van der Waals surface area contributed by atoms with Crippen molar-refractivity contribution in [1.29, 1.82) is 10.5 Å². The average molecular weight is 279 g/mol. The topological polar surface area (TPSA) is 76.4 Å². The molecule has 0 saturated heterocycles. The number of nitriles is 2. The van der Waals surface area contributed by atoms with Gasteiger partial charge in [-0.1, -0.05) is 0 Å². The van der Waals surface area contributed by atoms with Crippen molar-refractivity contribution in [3.05, 3.63) is 11.4 Å². The second-order valence-corrected chi connectivity index (χ2v) is 4.21. The molecule has 0 aliphatic carbocycles. The molecule has 20 heavy (non-hydrogen) atoms. The number of hydroxylamine groups is 1. The normalized spacial score (nSPS) is 9.00. The lowest BCUT2D eigenvalue weighted by Gasteiger charge is -2.07. The Morgan fingerprint density at radius 1 is 1.15 bits per heavy atom. The zero-order valence-electron chi connectivity index (χ0n) is 12.6. The van der Waals surface area contributed by atoms with Crippen LogP contribution in [-0.4, -0.2) is 38.8 Å². The van der Waals surface area contributed by atoms with Gasteiger partial charge in [0.05, 0.1) is 19.2 Å². The van der Waals surface area contributed by atoms with Gasteiger partial charge in [0, 0.05) is 25.9 Å². The zero-order chi connectivity index (χ0) is 15.5. The summed E-state index contributed by atoms with van der Waals surface area (Å²) in [5.74, 6) is 0. The van der Waals surface area contributed by atoms with Gasteiger partial charge >= 0.3 is 0 Å². The number of nitrogens with one attached hydrogen (secondary N) is 1. The Kier molecular flexibility index (Phi) is 20.3. The predicted molar refractivity (Wildman–Crippen MR) is 78.0 cm³/mol. The first-order chi connectivity index (χ1) is 9.72. The van der Waals surface area contributed by atoms with Crippen molar-refractivity contribution < 1.29 is 4.84 Å². The molecular formula is C14H25N5O. The molecule has 0 aliphatic rings. The Hall–Kier alpha value is -1.65. The molecule has 6 heteroatoms. The highest BCUT2D eigenvalue weighted by molar-refractivity contribution is 4.69. The third-order valence-electron chi connectivity index (χ3n) is 2.35. The van der Waals surface area contributed by atoms with Crippen molar-refractivity contribution in [2.24, 2.45) is 0 Å². The van der Waals surface area contributed by atoms with Crippen molar-refractivity contribution in [3.8, 4) is 12.1 Å². The molecule has 112 valence electrons. The van der Waals surface area contributed by atoms with Crippen molar-refractivity contribution in [2.75, 3.05) is 33.9 Å². The van der Waals surface area contributed by atoms with E-state index in [4.69, 9.17) is 17.1 Å². The van der Waals surface area contributed by atoms with Crippen molar-refractivity contribution in [3.63, 3.8) is 0 Å². The first-order valence-corrected chi connectivity index (χ1v) is 6.74. The summed E-state index contributed by atoms with van der Waals surface area (Å²) in [6.07, 6.45) is 5.18.